The van der Waals surface area contributed by atoms with E-state index in [1.807, 2.05) is 0 Å². The van der Waals surface area contributed by atoms with Gasteiger partial charge < -0.3 is 20.3 Å². The molecule has 1 amide bonds. The van der Waals surface area contributed by atoms with Gasteiger partial charge in [-0.3, -0.25) is 4.79 Å². The summed E-state index contributed by atoms with van der Waals surface area (Å²) in [6.45, 7) is 1.61. The highest BCUT2D eigenvalue weighted by Gasteiger charge is 2.35. The Balaban J connectivity index is 2.37. The smallest absolute Gasteiger partial charge is 0.337 e. The van der Waals surface area contributed by atoms with Crippen LogP contribution in [0.25, 0.3) is 0 Å². The number of hydroxylamine groups is 1. The Kier molecular flexibility index (Phi) is 3.15. The number of hydrogen-bond acceptors (Lipinski definition) is 5. The number of fused-ring (bicyclic) bond motifs is 1. The number of ether oxygens (including phenoxy) is 1. The summed E-state index contributed by atoms with van der Waals surface area (Å²) in [6, 6.07) is 1.68. The number of amides is 1. The van der Waals surface area contributed by atoms with Crippen molar-refractivity contribution in [3.63, 3.8) is 0 Å². The van der Waals surface area contributed by atoms with Crippen molar-refractivity contribution in [3.05, 3.63) is 29.2 Å². The predicted octanol–water partition coefficient (Wildman–Crippen LogP) is 1.01. The number of rotatable bonds is 2. The van der Waals surface area contributed by atoms with E-state index in [0.717, 1.165) is 12.1 Å². The highest BCUT2D eigenvalue weighted by Crippen LogP contribution is 2.32. The zero-order valence-electron chi connectivity index (χ0n) is 9.47. The number of carbonyl (C=O) groups excluding carboxylic acids is 2. The number of nitrogens with zero attached hydrogens (tertiary/aromatic N) is 1. The molecule has 0 aromatic heterocycles. The van der Waals surface area contributed by atoms with Gasteiger partial charge in [0, 0.05) is 0 Å². The van der Waals surface area contributed by atoms with Gasteiger partial charge in [-0.25, -0.2) is 9.18 Å². The Morgan fingerprint density at radius 3 is 3.00 bits per heavy atom. The molecule has 1 aromatic rings. The topological polar surface area (TPSA) is 81.7 Å². The first-order valence-corrected chi connectivity index (χ1v) is 5.28. The van der Waals surface area contributed by atoms with Crippen molar-refractivity contribution in [2.24, 2.45) is 0 Å². The molecule has 0 spiro atoms. The molecule has 1 atom stereocenters. The molecule has 1 aromatic carbocycles. The number of nitrogens with one attached hydrogen (secondary N) is 1. The van der Waals surface area contributed by atoms with Gasteiger partial charge in [0.2, 0.25) is 0 Å². The lowest BCUT2D eigenvalue weighted by molar-refractivity contribution is -0.147. The molecule has 18 heavy (non-hydrogen) atoms. The van der Waals surface area contributed by atoms with Crippen molar-refractivity contribution in [1.29, 1.82) is 0 Å². The third kappa shape index (κ3) is 2.00. The lowest BCUT2D eigenvalue weighted by atomic mass is 10.1. The fraction of sp³-hybridized carbons (Fsp3) is 0.273. The summed E-state index contributed by atoms with van der Waals surface area (Å²) < 4.78 is 17.7. The molecule has 1 N–H and O–H groups in total. The molecule has 1 unspecified atom stereocenters. The molecule has 0 radical (unpaired) electrons. The molecule has 7 heteroatoms. The van der Waals surface area contributed by atoms with Crippen LogP contribution in [-0.2, 0) is 14.3 Å². The number of hydrogen-bond donors (Lipinski definition) is 1. The van der Waals surface area contributed by atoms with Gasteiger partial charge in [-0.05, 0) is 25.1 Å². The Morgan fingerprint density at radius 1 is 1.61 bits per heavy atom. The van der Waals surface area contributed by atoms with E-state index < -0.39 is 23.7 Å². The molecular weight excluding hydrogens is 243 g/mol. The van der Waals surface area contributed by atoms with E-state index in [-0.39, 0.29) is 23.0 Å². The van der Waals surface area contributed by atoms with Crippen LogP contribution in [0, 0.1) is 11.0 Å². The molecular formula is C11H10FN2O4-. The van der Waals surface area contributed by atoms with Crippen molar-refractivity contribution in [2.75, 3.05) is 17.0 Å². The number of benzene rings is 1. The maximum absolute atomic E-state index is 13.0. The molecule has 0 bridgehead atoms. The van der Waals surface area contributed by atoms with E-state index in [1.54, 1.807) is 6.92 Å². The van der Waals surface area contributed by atoms with E-state index in [0.29, 0.717) is 0 Å². The summed E-state index contributed by atoms with van der Waals surface area (Å²) in [5.41, 5.74) is 0.0598. The third-order valence-corrected chi connectivity index (χ3v) is 2.45. The molecule has 0 saturated carbocycles. The number of carbonyl (C=O) groups is 2. The Bertz CT molecular complexity index is 506. The third-order valence-electron chi connectivity index (χ3n) is 2.45. The molecule has 1 heterocycles. The lowest BCUT2D eigenvalue weighted by Gasteiger charge is -2.41. The summed E-state index contributed by atoms with van der Waals surface area (Å²) in [5, 5.41) is 14.4. The van der Waals surface area contributed by atoms with E-state index in [2.05, 4.69) is 10.1 Å². The zero-order chi connectivity index (χ0) is 13.3. The van der Waals surface area contributed by atoms with Gasteiger partial charge in [-0.1, -0.05) is 0 Å². The van der Waals surface area contributed by atoms with Crippen LogP contribution >= 0.6 is 0 Å². The standard InChI is InChI=1S/C11H10FN2O4/c1-2-18-11(16)9-10(15)13-7-4-3-6(12)5-8(7)14(9)17/h3-5,9H,2H2,1H3,(H,13,15)/q-1. The first-order valence-electron chi connectivity index (χ1n) is 5.28. The SMILES string of the molecule is CCOC(=O)C1C(=O)Nc2ccc(F)cc2N1[O-]. The summed E-state index contributed by atoms with van der Waals surface area (Å²) in [5.74, 6) is -2.38. The minimum absolute atomic E-state index is 0.0481. The molecule has 0 fully saturated rings. The largest absolute Gasteiger partial charge is 0.757 e. The first-order chi connectivity index (χ1) is 8.54. The van der Waals surface area contributed by atoms with Gasteiger partial charge in [0.1, 0.15) is 5.82 Å². The molecule has 1 aliphatic heterocycles. The summed E-state index contributed by atoms with van der Waals surface area (Å²) in [7, 11) is 0. The van der Waals surface area contributed by atoms with Crippen LogP contribution in [0.2, 0.25) is 0 Å². The van der Waals surface area contributed by atoms with Crippen LogP contribution in [0.4, 0.5) is 15.8 Å². The van der Waals surface area contributed by atoms with Gasteiger partial charge in [0.05, 0.1) is 18.0 Å². The highest BCUT2D eigenvalue weighted by atomic mass is 19.1. The maximum atomic E-state index is 13.0. The molecule has 96 valence electrons. The Morgan fingerprint density at radius 2 is 2.33 bits per heavy atom. The zero-order valence-corrected chi connectivity index (χ0v) is 9.47. The maximum Gasteiger partial charge on any atom is 0.337 e. The molecule has 0 aliphatic carbocycles. The Labute approximate surface area is 102 Å². The summed E-state index contributed by atoms with van der Waals surface area (Å²) >= 11 is 0. The fourth-order valence-corrected chi connectivity index (χ4v) is 1.66. The van der Waals surface area contributed by atoms with Crippen LogP contribution in [0.3, 0.4) is 0 Å². The predicted molar refractivity (Wildman–Crippen MR) is 61.3 cm³/mol. The number of esters is 1. The minimum atomic E-state index is -1.64. The van der Waals surface area contributed by atoms with Gasteiger partial charge >= 0.3 is 5.97 Å². The van der Waals surface area contributed by atoms with E-state index in [1.165, 1.54) is 6.07 Å². The van der Waals surface area contributed by atoms with Gasteiger partial charge in [-0.2, -0.15) is 0 Å². The highest BCUT2D eigenvalue weighted by molar-refractivity contribution is 6.15. The summed E-state index contributed by atoms with van der Waals surface area (Å²) in [6.07, 6.45) is 0. The van der Waals surface area contributed by atoms with Crippen molar-refractivity contribution >= 4 is 23.3 Å². The average molecular weight is 253 g/mol. The first kappa shape index (κ1) is 12.3. The van der Waals surface area contributed by atoms with Crippen molar-refractivity contribution < 1.29 is 18.7 Å². The molecule has 2 rings (SSSR count). The van der Waals surface area contributed by atoms with E-state index in [9.17, 15) is 19.2 Å². The molecule has 0 saturated heterocycles. The number of anilines is 2. The summed E-state index contributed by atoms with van der Waals surface area (Å²) in [4.78, 5) is 23.1. The van der Waals surface area contributed by atoms with Crippen LogP contribution in [0.15, 0.2) is 18.2 Å². The van der Waals surface area contributed by atoms with Crippen molar-refractivity contribution in [3.8, 4) is 0 Å². The normalized spacial score (nSPS) is 18.1. The van der Waals surface area contributed by atoms with Crippen LogP contribution in [0.1, 0.15) is 6.92 Å². The van der Waals surface area contributed by atoms with Crippen molar-refractivity contribution in [1.82, 2.24) is 0 Å². The Hall–Kier alpha value is -2.15. The van der Waals surface area contributed by atoms with Gasteiger partial charge in [-0.15, -0.1) is 0 Å². The van der Waals surface area contributed by atoms with E-state index in [4.69, 9.17) is 0 Å². The molecule has 1 aliphatic rings. The van der Waals surface area contributed by atoms with E-state index >= 15 is 0 Å². The minimum Gasteiger partial charge on any atom is -0.757 e. The monoisotopic (exact) mass is 253 g/mol. The van der Waals surface area contributed by atoms with Crippen LogP contribution in [-0.4, -0.2) is 24.5 Å². The second-order valence-electron chi connectivity index (χ2n) is 3.63. The number of halogens is 1. The van der Waals surface area contributed by atoms with Gasteiger partial charge in [0.15, 0.2) is 6.04 Å². The van der Waals surface area contributed by atoms with Crippen molar-refractivity contribution in [2.45, 2.75) is 13.0 Å². The van der Waals surface area contributed by atoms with Crippen LogP contribution < -0.4 is 10.4 Å². The van der Waals surface area contributed by atoms with Gasteiger partial charge in [0.25, 0.3) is 5.91 Å². The molecule has 6 nitrogen and oxygen atoms in total. The quantitative estimate of drug-likeness (QED) is 0.628. The second kappa shape index (κ2) is 4.61. The van der Waals surface area contributed by atoms with Crippen LogP contribution in [0.5, 0.6) is 0 Å². The second-order valence-corrected chi connectivity index (χ2v) is 3.63. The lowest BCUT2D eigenvalue weighted by Crippen LogP contribution is -2.50. The average Bonchev–Trinajstić information content (AvgIpc) is 2.31. The fourth-order valence-electron chi connectivity index (χ4n) is 1.66.